The van der Waals surface area contributed by atoms with Gasteiger partial charge in [-0.05, 0) is 35.9 Å². The van der Waals surface area contributed by atoms with Crippen LogP contribution in [0.25, 0.3) is 0 Å². The Morgan fingerprint density at radius 1 is 1.06 bits per heavy atom. The predicted molar refractivity (Wildman–Crippen MR) is 74.2 cm³/mol. The Hall–Kier alpha value is -1.48. The maximum absolute atomic E-state index is 5.71. The molecule has 0 saturated heterocycles. The van der Waals surface area contributed by atoms with E-state index in [1.807, 2.05) is 42.5 Å². The minimum absolute atomic E-state index is 0.653. The highest BCUT2D eigenvalue weighted by Gasteiger charge is 1.97. The summed E-state index contributed by atoms with van der Waals surface area (Å²) in [5.41, 5.74) is 7.70. The highest BCUT2D eigenvalue weighted by molar-refractivity contribution is 9.10. The van der Waals surface area contributed by atoms with E-state index in [0.717, 1.165) is 22.3 Å². The standard InChI is InChI=1S/C14H14BrNO/c15-12-4-2-6-14(10-12)17-8-7-11-3-1-5-13(16)9-11/h1-6,9-10H,7-8,16H2. The number of hydrogen-bond donors (Lipinski definition) is 1. The molecule has 0 saturated carbocycles. The molecule has 0 unspecified atom stereocenters. The molecule has 0 bridgehead atoms. The van der Waals surface area contributed by atoms with Gasteiger partial charge in [-0.15, -0.1) is 0 Å². The van der Waals surface area contributed by atoms with Gasteiger partial charge in [-0.1, -0.05) is 34.1 Å². The number of nitrogens with two attached hydrogens (primary N) is 1. The lowest BCUT2D eigenvalue weighted by Crippen LogP contribution is -2.01. The summed E-state index contributed by atoms with van der Waals surface area (Å²) in [6, 6.07) is 15.7. The fraction of sp³-hybridized carbons (Fsp3) is 0.143. The van der Waals surface area contributed by atoms with E-state index in [2.05, 4.69) is 22.0 Å². The van der Waals surface area contributed by atoms with Crippen molar-refractivity contribution < 1.29 is 4.74 Å². The molecule has 2 nitrogen and oxygen atoms in total. The first kappa shape index (κ1) is 12.0. The third-order valence-corrected chi connectivity index (χ3v) is 2.90. The van der Waals surface area contributed by atoms with Crippen molar-refractivity contribution in [3.05, 3.63) is 58.6 Å². The van der Waals surface area contributed by atoms with E-state index in [1.54, 1.807) is 0 Å². The van der Waals surface area contributed by atoms with Gasteiger partial charge in [-0.3, -0.25) is 0 Å². The van der Waals surface area contributed by atoms with Gasteiger partial charge in [0.15, 0.2) is 0 Å². The van der Waals surface area contributed by atoms with Crippen LogP contribution in [-0.4, -0.2) is 6.61 Å². The third-order valence-electron chi connectivity index (χ3n) is 2.41. The van der Waals surface area contributed by atoms with Crippen molar-refractivity contribution in [1.29, 1.82) is 0 Å². The molecule has 0 aliphatic rings. The number of benzene rings is 2. The first-order valence-corrected chi connectivity index (χ1v) is 6.26. The van der Waals surface area contributed by atoms with Crippen molar-refractivity contribution in [1.82, 2.24) is 0 Å². The van der Waals surface area contributed by atoms with Gasteiger partial charge >= 0.3 is 0 Å². The van der Waals surface area contributed by atoms with Crippen LogP contribution < -0.4 is 10.5 Å². The summed E-state index contributed by atoms with van der Waals surface area (Å²) in [6.45, 7) is 0.653. The first-order chi connectivity index (χ1) is 8.24. The summed E-state index contributed by atoms with van der Waals surface area (Å²) in [6.07, 6.45) is 0.859. The number of halogens is 1. The van der Waals surface area contributed by atoms with Gasteiger partial charge in [-0.2, -0.15) is 0 Å². The van der Waals surface area contributed by atoms with Gasteiger partial charge in [0.2, 0.25) is 0 Å². The van der Waals surface area contributed by atoms with Crippen LogP contribution in [0.3, 0.4) is 0 Å². The lowest BCUT2D eigenvalue weighted by atomic mass is 10.1. The topological polar surface area (TPSA) is 35.2 Å². The van der Waals surface area contributed by atoms with Crippen LogP contribution in [0.15, 0.2) is 53.0 Å². The number of nitrogen functional groups attached to an aromatic ring is 1. The van der Waals surface area contributed by atoms with E-state index in [-0.39, 0.29) is 0 Å². The minimum atomic E-state index is 0.653. The zero-order valence-corrected chi connectivity index (χ0v) is 11.0. The molecule has 0 aliphatic heterocycles. The normalized spacial score (nSPS) is 10.2. The van der Waals surface area contributed by atoms with Crippen molar-refractivity contribution in [3.63, 3.8) is 0 Å². The molecule has 88 valence electrons. The highest BCUT2D eigenvalue weighted by Crippen LogP contribution is 2.18. The Morgan fingerprint density at radius 3 is 2.65 bits per heavy atom. The zero-order chi connectivity index (χ0) is 12.1. The number of anilines is 1. The molecule has 0 radical (unpaired) electrons. The SMILES string of the molecule is Nc1cccc(CCOc2cccc(Br)c2)c1. The van der Waals surface area contributed by atoms with Crippen LogP contribution >= 0.6 is 15.9 Å². The Morgan fingerprint density at radius 2 is 1.88 bits per heavy atom. The molecule has 0 amide bonds. The van der Waals surface area contributed by atoms with Crippen molar-refractivity contribution in [2.45, 2.75) is 6.42 Å². The van der Waals surface area contributed by atoms with Crippen LogP contribution in [0, 0.1) is 0 Å². The summed E-state index contributed by atoms with van der Waals surface area (Å²) in [7, 11) is 0. The summed E-state index contributed by atoms with van der Waals surface area (Å²) in [5, 5.41) is 0. The summed E-state index contributed by atoms with van der Waals surface area (Å²) in [5.74, 6) is 0.878. The van der Waals surface area contributed by atoms with Crippen LogP contribution in [0.4, 0.5) is 5.69 Å². The van der Waals surface area contributed by atoms with Gasteiger partial charge in [0.1, 0.15) is 5.75 Å². The van der Waals surface area contributed by atoms with Crippen LogP contribution in [0.1, 0.15) is 5.56 Å². The maximum Gasteiger partial charge on any atom is 0.120 e. The predicted octanol–water partition coefficient (Wildman–Crippen LogP) is 3.65. The average Bonchev–Trinajstić information content (AvgIpc) is 2.29. The molecule has 0 spiro atoms. The van der Waals surface area contributed by atoms with E-state index >= 15 is 0 Å². The Balaban J connectivity index is 1.87. The molecule has 2 rings (SSSR count). The molecular formula is C14H14BrNO. The van der Waals surface area contributed by atoms with Crippen molar-refractivity contribution in [2.75, 3.05) is 12.3 Å². The monoisotopic (exact) mass is 291 g/mol. The largest absolute Gasteiger partial charge is 0.493 e. The Kier molecular flexibility index (Phi) is 4.04. The minimum Gasteiger partial charge on any atom is -0.493 e. The molecule has 17 heavy (non-hydrogen) atoms. The van der Waals surface area contributed by atoms with Crippen molar-refractivity contribution >= 4 is 21.6 Å². The quantitative estimate of drug-likeness (QED) is 0.873. The van der Waals surface area contributed by atoms with Gasteiger partial charge in [0.25, 0.3) is 0 Å². The van der Waals surface area contributed by atoms with Gasteiger partial charge in [0, 0.05) is 16.6 Å². The molecular weight excluding hydrogens is 278 g/mol. The molecule has 0 atom stereocenters. The van der Waals surface area contributed by atoms with Gasteiger partial charge in [0.05, 0.1) is 6.61 Å². The van der Waals surface area contributed by atoms with Crippen LogP contribution in [0.2, 0.25) is 0 Å². The second-order valence-electron chi connectivity index (χ2n) is 3.80. The zero-order valence-electron chi connectivity index (χ0n) is 9.40. The van der Waals surface area contributed by atoms with Gasteiger partial charge in [-0.25, -0.2) is 0 Å². The molecule has 3 heteroatoms. The van der Waals surface area contributed by atoms with Crippen LogP contribution in [-0.2, 0) is 6.42 Å². The fourth-order valence-electron chi connectivity index (χ4n) is 1.59. The lowest BCUT2D eigenvalue weighted by Gasteiger charge is -2.07. The van der Waals surface area contributed by atoms with Crippen molar-refractivity contribution in [3.8, 4) is 5.75 Å². The smallest absolute Gasteiger partial charge is 0.120 e. The first-order valence-electron chi connectivity index (χ1n) is 5.47. The molecule has 0 heterocycles. The Labute approximate surface area is 110 Å². The highest BCUT2D eigenvalue weighted by atomic mass is 79.9. The van der Waals surface area contributed by atoms with E-state index < -0.39 is 0 Å². The second-order valence-corrected chi connectivity index (χ2v) is 4.72. The fourth-order valence-corrected chi connectivity index (χ4v) is 1.97. The average molecular weight is 292 g/mol. The lowest BCUT2D eigenvalue weighted by molar-refractivity contribution is 0.322. The van der Waals surface area contributed by atoms with E-state index in [9.17, 15) is 0 Å². The molecule has 2 N–H and O–H groups in total. The molecule has 0 fully saturated rings. The molecule has 2 aromatic rings. The third kappa shape index (κ3) is 3.79. The summed E-state index contributed by atoms with van der Waals surface area (Å²) < 4.78 is 6.69. The second kappa shape index (κ2) is 5.73. The molecule has 0 aliphatic carbocycles. The number of hydrogen-bond acceptors (Lipinski definition) is 2. The van der Waals surface area contributed by atoms with Crippen molar-refractivity contribution in [2.24, 2.45) is 0 Å². The van der Waals surface area contributed by atoms with Crippen LogP contribution in [0.5, 0.6) is 5.75 Å². The Bertz CT molecular complexity index is 454. The van der Waals surface area contributed by atoms with Gasteiger partial charge < -0.3 is 10.5 Å². The van der Waals surface area contributed by atoms with E-state index in [4.69, 9.17) is 10.5 Å². The molecule has 2 aromatic carbocycles. The maximum atomic E-state index is 5.71. The summed E-state index contributed by atoms with van der Waals surface area (Å²) in [4.78, 5) is 0. The molecule has 0 aromatic heterocycles. The number of ether oxygens (including phenoxy) is 1. The summed E-state index contributed by atoms with van der Waals surface area (Å²) >= 11 is 3.41. The van der Waals surface area contributed by atoms with E-state index in [0.29, 0.717) is 6.61 Å². The number of rotatable bonds is 4. The van der Waals surface area contributed by atoms with E-state index in [1.165, 1.54) is 5.56 Å².